The molecule has 2 aliphatic heterocycles. The molecule has 4 rings (SSSR count). The summed E-state index contributed by atoms with van der Waals surface area (Å²) in [7, 11) is -3.62. The van der Waals surface area contributed by atoms with Gasteiger partial charge in [-0.05, 0) is 48.9 Å². The van der Waals surface area contributed by atoms with E-state index in [4.69, 9.17) is 0 Å². The van der Waals surface area contributed by atoms with Crippen molar-refractivity contribution in [2.45, 2.75) is 50.1 Å². The quantitative estimate of drug-likeness (QED) is 0.764. The van der Waals surface area contributed by atoms with Gasteiger partial charge in [0.1, 0.15) is 6.17 Å². The number of aryl methyl sites for hydroxylation is 1. The van der Waals surface area contributed by atoms with Gasteiger partial charge in [0, 0.05) is 17.6 Å². The molecule has 1 fully saturated rings. The fourth-order valence-electron chi connectivity index (χ4n) is 4.96. The standard InChI is InChI=1S/C23H28N2O2S/c1-5-22(3,4)23-15-8-16-25(21(23)24-20-10-7-6-9-19(20)23)28(26,27)18-13-11-17(2)12-14-18/h5-7,9-14,21,24H,1,8,15-16H2,2-4H3/t21-,23+/m0/s1. The van der Waals surface area contributed by atoms with Crippen molar-refractivity contribution in [3.05, 3.63) is 72.3 Å². The summed E-state index contributed by atoms with van der Waals surface area (Å²) in [4.78, 5) is 0.350. The Morgan fingerprint density at radius 2 is 1.86 bits per heavy atom. The predicted molar refractivity (Wildman–Crippen MR) is 114 cm³/mol. The van der Waals surface area contributed by atoms with Gasteiger partial charge in [-0.2, -0.15) is 4.31 Å². The number of anilines is 1. The van der Waals surface area contributed by atoms with Crippen LogP contribution in [0.4, 0.5) is 5.69 Å². The molecule has 0 amide bonds. The molecule has 0 radical (unpaired) electrons. The van der Waals surface area contributed by atoms with Crippen LogP contribution in [-0.2, 0) is 15.4 Å². The SMILES string of the molecule is C=CC(C)(C)[C@@]12CCCN(S(=O)(=O)c3ccc(C)cc3)[C@@H]1Nc1ccccc12. The first kappa shape index (κ1) is 19.2. The second-order valence-electron chi connectivity index (χ2n) is 8.52. The van der Waals surface area contributed by atoms with Gasteiger partial charge in [-0.25, -0.2) is 8.42 Å². The lowest BCUT2D eigenvalue weighted by atomic mass is 9.58. The maximum atomic E-state index is 13.6. The van der Waals surface area contributed by atoms with Crippen molar-refractivity contribution >= 4 is 15.7 Å². The molecule has 2 aromatic carbocycles. The fourth-order valence-corrected chi connectivity index (χ4v) is 6.59. The lowest BCUT2D eigenvalue weighted by Gasteiger charge is -2.52. The average molecular weight is 397 g/mol. The van der Waals surface area contributed by atoms with Gasteiger partial charge in [-0.3, -0.25) is 0 Å². The molecule has 2 aromatic rings. The van der Waals surface area contributed by atoms with E-state index in [0.717, 1.165) is 24.1 Å². The number of piperidine rings is 1. The van der Waals surface area contributed by atoms with Crippen LogP contribution in [0.3, 0.4) is 0 Å². The number of hydrogen-bond acceptors (Lipinski definition) is 3. The van der Waals surface area contributed by atoms with Gasteiger partial charge in [-0.1, -0.05) is 55.8 Å². The van der Waals surface area contributed by atoms with E-state index in [1.165, 1.54) is 5.56 Å². The van der Waals surface area contributed by atoms with Gasteiger partial charge < -0.3 is 5.32 Å². The molecule has 0 unspecified atom stereocenters. The zero-order valence-electron chi connectivity index (χ0n) is 16.8. The van der Waals surface area contributed by atoms with Gasteiger partial charge >= 0.3 is 0 Å². The monoisotopic (exact) mass is 396 g/mol. The molecule has 28 heavy (non-hydrogen) atoms. The van der Waals surface area contributed by atoms with Gasteiger partial charge in [0.15, 0.2) is 0 Å². The minimum atomic E-state index is -3.62. The highest BCUT2D eigenvalue weighted by atomic mass is 32.2. The van der Waals surface area contributed by atoms with Crippen LogP contribution in [0.25, 0.3) is 0 Å². The molecule has 0 aromatic heterocycles. The molecule has 0 aliphatic carbocycles. The van der Waals surface area contributed by atoms with Crippen molar-refractivity contribution in [2.24, 2.45) is 5.41 Å². The van der Waals surface area contributed by atoms with Crippen molar-refractivity contribution in [3.63, 3.8) is 0 Å². The molecule has 2 heterocycles. The highest BCUT2D eigenvalue weighted by Crippen LogP contribution is 2.58. The van der Waals surface area contributed by atoms with Crippen molar-refractivity contribution < 1.29 is 8.42 Å². The number of nitrogens with zero attached hydrogens (tertiary/aromatic N) is 1. The zero-order chi connectivity index (χ0) is 20.2. The summed E-state index contributed by atoms with van der Waals surface area (Å²) >= 11 is 0. The number of rotatable bonds is 4. The molecule has 5 heteroatoms. The minimum Gasteiger partial charge on any atom is -0.368 e. The topological polar surface area (TPSA) is 49.4 Å². The van der Waals surface area contributed by atoms with Crippen molar-refractivity contribution in [3.8, 4) is 0 Å². The van der Waals surface area contributed by atoms with E-state index in [1.54, 1.807) is 16.4 Å². The van der Waals surface area contributed by atoms with Gasteiger partial charge in [0.2, 0.25) is 10.0 Å². The Hall–Kier alpha value is -2.11. The molecule has 0 saturated carbocycles. The number of fused-ring (bicyclic) bond motifs is 3. The Balaban J connectivity index is 1.87. The molecule has 148 valence electrons. The third-order valence-corrected chi connectivity index (χ3v) is 8.57. The average Bonchev–Trinajstić information content (AvgIpc) is 3.04. The largest absolute Gasteiger partial charge is 0.368 e. The van der Waals surface area contributed by atoms with E-state index in [1.807, 2.05) is 43.3 Å². The van der Waals surface area contributed by atoms with Crippen LogP contribution in [0.2, 0.25) is 0 Å². The molecule has 0 spiro atoms. The normalized spacial score (nSPS) is 24.9. The molecule has 1 saturated heterocycles. The smallest absolute Gasteiger partial charge is 0.244 e. The van der Waals surface area contributed by atoms with Crippen LogP contribution in [0, 0.1) is 12.3 Å². The summed E-state index contributed by atoms with van der Waals surface area (Å²) in [6.07, 6.45) is 3.37. The highest BCUT2D eigenvalue weighted by Gasteiger charge is 2.60. The maximum Gasteiger partial charge on any atom is 0.244 e. The van der Waals surface area contributed by atoms with Crippen molar-refractivity contribution in [1.29, 1.82) is 0 Å². The van der Waals surface area contributed by atoms with Gasteiger partial charge in [0.25, 0.3) is 0 Å². The Kier molecular flexibility index (Phi) is 4.43. The number of para-hydroxylation sites is 1. The Morgan fingerprint density at radius 1 is 1.18 bits per heavy atom. The molecule has 2 atom stereocenters. The third kappa shape index (κ3) is 2.56. The highest BCUT2D eigenvalue weighted by molar-refractivity contribution is 7.89. The summed E-state index contributed by atoms with van der Waals surface area (Å²) in [5.41, 5.74) is 2.62. The van der Waals surface area contributed by atoms with Gasteiger partial charge in [0.05, 0.1) is 4.90 Å². The molecule has 4 nitrogen and oxygen atoms in total. The maximum absolute atomic E-state index is 13.6. The minimum absolute atomic E-state index is 0.279. The first-order valence-electron chi connectivity index (χ1n) is 9.82. The first-order chi connectivity index (χ1) is 13.2. The Morgan fingerprint density at radius 3 is 2.54 bits per heavy atom. The summed E-state index contributed by atoms with van der Waals surface area (Å²) in [5.74, 6) is 0. The molecule has 2 aliphatic rings. The number of nitrogens with one attached hydrogen (secondary N) is 1. The van der Waals surface area contributed by atoms with Crippen LogP contribution >= 0.6 is 0 Å². The Bertz CT molecular complexity index is 1010. The van der Waals surface area contributed by atoms with Crippen LogP contribution < -0.4 is 5.32 Å². The van der Waals surface area contributed by atoms with Crippen molar-refractivity contribution in [2.75, 3.05) is 11.9 Å². The van der Waals surface area contributed by atoms with Crippen LogP contribution in [0.15, 0.2) is 66.1 Å². The third-order valence-electron chi connectivity index (χ3n) is 6.69. The van der Waals surface area contributed by atoms with Crippen molar-refractivity contribution in [1.82, 2.24) is 4.31 Å². The van der Waals surface area contributed by atoms with Gasteiger partial charge in [-0.15, -0.1) is 6.58 Å². The lowest BCUT2D eigenvalue weighted by Crippen LogP contribution is -2.61. The summed E-state index contributed by atoms with van der Waals surface area (Å²) in [6.45, 7) is 10.9. The summed E-state index contributed by atoms with van der Waals surface area (Å²) in [6, 6.07) is 15.3. The Labute approximate surface area is 168 Å². The van der Waals surface area contributed by atoms with E-state index in [0.29, 0.717) is 11.4 Å². The van der Waals surface area contributed by atoms with E-state index in [-0.39, 0.29) is 17.0 Å². The van der Waals surface area contributed by atoms with E-state index < -0.39 is 10.0 Å². The van der Waals surface area contributed by atoms with E-state index in [2.05, 4.69) is 31.8 Å². The fraction of sp³-hybridized carbons (Fsp3) is 0.391. The molecule has 0 bridgehead atoms. The molecule has 1 N–H and O–H groups in total. The lowest BCUT2D eigenvalue weighted by molar-refractivity contribution is 0.0835. The second kappa shape index (κ2) is 6.46. The number of hydrogen-bond donors (Lipinski definition) is 1. The van der Waals surface area contributed by atoms with E-state index >= 15 is 0 Å². The number of benzene rings is 2. The second-order valence-corrected chi connectivity index (χ2v) is 10.4. The number of allylic oxidation sites excluding steroid dienone is 1. The van der Waals surface area contributed by atoms with Crippen LogP contribution in [0.1, 0.15) is 37.8 Å². The van der Waals surface area contributed by atoms with E-state index in [9.17, 15) is 8.42 Å². The molecular weight excluding hydrogens is 368 g/mol. The van der Waals surface area contributed by atoms with Crippen LogP contribution in [-0.4, -0.2) is 25.4 Å². The van der Waals surface area contributed by atoms with Crippen LogP contribution in [0.5, 0.6) is 0 Å². The first-order valence-corrected chi connectivity index (χ1v) is 11.3. The molecular formula is C23H28N2O2S. The zero-order valence-corrected chi connectivity index (χ0v) is 17.6. The summed E-state index contributed by atoms with van der Waals surface area (Å²) < 4.78 is 28.9. The number of sulfonamides is 1. The predicted octanol–water partition coefficient (Wildman–Crippen LogP) is 4.68. The summed E-state index contributed by atoms with van der Waals surface area (Å²) in [5, 5.41) is 3.55.